The number of aliphatic hydroxyl groups is 1. The highest BCUT2D eigenvalue weighted by molar-refractivity contribution is 5.94. The number of oxazole rings is 1. The molecule has 9 nitrogen and oxygen atoms in total. The minimum Gasteiger partial charge on any atom is -0.431 e. The first kappa shape index (κ1) is 26.0. The first-order valence-corrected chi connectivity index (χ1v) is 12.6. The highest BCUT2D eigenvalue weighted by atomic mass is 19.4. The quantitative estimate of drug-likeness (QED) is 0.366. The van der Waals surface area contributed by atoms with Crippen LogP contribution in [0.3, 0.4) is 0 Å². The Morgan fingerprint density at radius 2 is 1.89 bits per heavy atom. The molecule has 202 valence electrons. The number of hydrogen-bond donors (Lipinski definition) is 3. The molecule has 38 heavy (non-hydrogen) atoms. The Morgan fingerprint density at radius 1 is 1.16 bits per heavy atom. The van der Waals surface area contributed by atoms with Crippen LogP contribution in [0.2, 0.25) is 0 Å². The van der Waals surface area contributed by atoms with Crippen LogP contribution in [0, 0.1) is 11.8 Å². The molecule has 5 rings (SSSR count). The molecule has 2 fully saturated rings. The van der Waals surface area contributed by atoms with Gasteiger partial charge in [-0.2, -0.15) is 18.3 Å². The molecule has 2 aliphatic carbocycles. The van der Waals surface area contributed by atoms with Gasteiger partial charge < -0.3 is 20.2 Å². The second-order valence-corrected chi connectivity index (χ2v) is 10.0. The Hall–Kier alpha value is -3.67. The summed E-state index contributed by atoms with van der Waals surface area (Å²) in [6.45, 7) is 1.51. The van der Waals surface area contributed by atoms with Crippen LogP contribution >= 0.6 is 0 Å². The molecule has 2 heterocycles. The molecule has 2 aliphatic rings. The van der Waals surface area contributed by atoms with Crippen LogP contribution in [-0.2, 0) is 6.54 Å². The Labute approximate surface area is 216 Å². The van der Waals surface area contributed by atoms with E-state index in [4.69, 9.17) is 4.42 Å². The fourth-order valence-corrected chi connectivity index (χ4v) is 4.11. The van der Waals surface area contributed by atoms with Gasteiger partial charge in [-0.15, -0.1) is 0 Å². The second-order valence-electron chi connectivity index (χ2n) is 10.0. The summed E-state index contributed by atoms with van der Waals surface area (Å²) in [6.07, 6.45) is -2.06. The fraction of sp³-hybridized carbons (Fsp3) is 0.462. The molecule has 12 heteroatoms. The Balaban J connectivity index is 1.39. The zero-order chi connectivity index (χ0) is 27.0. The lowest BCUT2D eigenvalue weighted by Crippen LogP contribution is -2.38. The van der Waals surface area contributed by atoms with Gasteiger partial charge in [0.1, 0.15) is 5.69 Å². The van der Waals surface area contributed by atoms with Crippen molar-refractivity contribution >= 4 is 11.8 Å². The summed E-state index contributed by atoms with van der Waals surface area (Å²) in [7, 11) is 0. The van der Waals surface area contributed by atoms with Gasteiger partial charge in [-0.05, 0) is 62.6 Å². The van der Waals surface area contributed by atoms with Crippen molar-refractivity contribution in [1.82, 2.24) is 25.4 Å². The van der Waals surface area contributed by atoms with Crippen LogP contribution in [0.5, 0.6) is 0 Å². The van der Waals surface area contributed by atoms with Crippen LogP contribution in [0.25, 0.3) is 22.7 Å². The lowest BCUT2D eigenvalue weighted by atomic mass is 10.1. The van der Waals surface area contributed by atoms with E-state index in [0.717, 1.165) is 30.4 Å². The Morgan fingerprint density at radius 3 is 2.58 bits per heavy atom. The number of benzene rings is 1. The van der Waals surface area contributed by atoms with Crippen molar-refractivity contribution < 1.29 is 32.3 Å². The zero-order valence-corrected chi connectivity index (χ0v) is 20.7. The van der Waals surface area contributed by atoms with E-state index in [-0.39, 0.29) is 35.0 Å². The molecule has 0 bridgehead atoms. The molecule has 0 spiro atoms. The van der Waals surface area contributed by atoms with E-state index in [1.807, 2.05) is 6.92 Å². The summed E-state index contributed by atoms with van der Waals surface area (Å²) in [5.74, 6) is 0.188. The number of amides is 2. The lowest BCUT2D eigenvalue weighted by molar-refractivity contribution is -0.208. The van der Waals surface area contributed by atoms with E-state index in [9.17, 15) is 27.9 Å². The molecule has 0 aliphatic heterocycles. The third-order valence-electron chi connectivity index (χ3n) is 6.81. The normalized spacial score (nSPS) is 17.2. The number of alkyl halides is 3. The summed E-state index contributed by atoms with van der Waals surface area (Å²) in [5.41, 5.74) is 1.15. The Kier molecular flexibility index (Phi) is 6.99. The van der Waals surface area contributed by atoms with Crippen LogP contribution in [0.4, 0.5) is 13.2 Å². The fourth-order valence-electron chi connectivity index (χ4n) is 4.11. The summed E-state index contributed by atoms with van der Waals surface area (Å²) in [4.78, 5) is 29.4. The molecule has 2 amide bonds. The highest BCUT2D eigenvalue weighted by Gasteiger charge is 2.39. The van der Waals surface area contributed by atoms with E-state index < -0.39 is 24.7 Å². The number of halogens is 3. The van der Waals surface area contributed by atoms with Crippen molar-refractivity contribution in [1.29, 1.82) is 0 Å². The maximum absolute atomic E-state index is 13.1. The number of nitrogens with one attached hydrogen (secondary N) is 2. The van der Waals surface area contributed by atoms with Gasteiger partial charge in [0.25, 0.3) is 11.8 Å². The van der Waals surface area contributed by atoms with E-state index in [1.54, 1.807) is 24.3 Å². The first-order chi connectivity index (χ1) is 18.1. The molecule has 2 atom stereocenters. The van der Waals surface area contributed by atoms with E-state index in [0.29, 0.717) is 29.5 Å². The van der Waals surface area contributed by atoms with E-state index >= 15 is 0 Å². The van der Waals surface area contributed by atoms with Gasteiger partial charge in [0.2, 0.25) is 11.7 Å². The predicted molar refractivity (Wildman–Crippen MR) is 130 cm³/mol. The van der Waals surface area contributed by atoms with Crippen LogP contribution in [0.15, 0.2) is 40.9 Å². The van der Waals surface area contributed by atoms with Crippen molar-refractivity contribution in [2.45, 2.75) is 57.5 Å². The second kappa shape index (κ2) is 10.2. The monoisotopic (exact) mass is 531 g/mol. The predicted octanol–water partition coefficient (Wildman–Crippen LogP) is 3.80. The highest BCUT2D eigenvalue weighted by Crippen LogP contribution is 2.33. The van der Waals surface area contributed by atoms with Crippen LogP contribution in [0.1, 0.15) is 53.7 Å². The largest absolute Gasteiger partial charge is 0.431 e. The summed E-state index contributed by atoms with van der Waals surface area (Å²) < 4.78 is 45.7. The molecule has 0 saturated heterocycles. The SMILES string of the molecule is CC(NC(=O)c1cc(-c2cccc(-c3ncc(C(=O)NCC4CC4)o3)c2)nn1CC(O)C(F)(F)F)C1CC1. The number of carbonyl (C=O) groups excluding carboxylic acids is 2. The molecule has 2 saturated carbocycles. The van der Waals surface area contributed by atoms with Crippen LogP contribution in [-0.4, -0.2) is 56.6 Å². The lowest BCUT2D eigenvalue weighted by Gasteiger charge is -2.17. The average Bonchev–Trinajstić information content (AvgIpc) is 3.80. The maximum atomic E-state index is 13.1. The number of hydrogen-bond acceptors (Lipinski definition) is 6. The van der Waals surface area contributed by atoms with Gasteiger partial charge in [0.15, 0.2) is 6.10 Å². The summed E-state index contributed by atoms with van der Waals surface area (Å²) >= 11 is 0. The number of rotatable bonds is 10. The average molecular weight is 532 g/mol. The molecule has 3 N–H and O–H groups in total. The minimum absolute atomic E-state index is 0.0696. The zero-order valence-electron chi connectivity index (χ0n) is 20.7. The van der Waals surface area contributed by atoms with E-state index in [2.05, 4.69) is 20.7 Å². The van der Waals surface area contributed by atoms with Gasteiger partial charge in [0, 0.05) is 23.7 Å². The maximum Gasteiger partial charge on any atom is 0.416 e. The summed E-state index contributed by atoms with van der Waals surface area (Å²) in [5, 5.41) is 19.5. The number of nitrogens with zero attached hydrogens (tertiary/aromatic N) is 3. The van der Waals surface area contributed by atoms with Gasteiger partial charge in [-0.1, -0.05) is 12.1 Å². The number of aromatic nitrogens is 3. The number of aliphatic hydroxyl groups excluding tert-OH is 1. The van der Waals surface area contributed by atoms with Gasteiger partial charge in [0.05, 0.1) is 18.4 Å². The van der Waals surface area contributed by atoms with Gasteiger partial charge >= 0.3 is 6.18 Å². The van der Waals surface area contributed by atoms with Crippen LogP contribution < -0.4 is 10.6 Å². The third-order valence-corrected chi connectivity index (χ3v) is 6.81. The molecular weight excluding hydrogens is 503 g/mol. The molecule has 2 unspecified atom stereocenters. The standard InChI is InChI=1S/C26H28F3N5O4/c1-14(16-7-8-16)32-23(36)20-10-19(33-34(20)13-22(35)26(27,28)29)17-3-2-4-18(9-17)25-31-12-21(38-25)24(37)30-11-15-5-6-15/h2-4,9-10,12,14-16,22,35H,5-8,11,13H2,1H3,(H,30,37)(H,32,36). The molecule has 3 aromatic rings. The number of carbonyl (C=O) groups is 2. The van der Waals surface area contributed by atoms with E-state index in [1.165, 1.54) is 12.3 Å². The Bertz CT molecular complexity index is 1330. The van der Waals surface area contributed by atoms with Crippen molar-refractivity contribution in [3.8, 4) is 22.7 Å². The topological polar surface area (TPSA) is 122 Å². The van der Waals surface area contributed by atoms with Crippen molar-refractivity contribution in [2.24, 2.45) is 11.8 Å². The molecular formula is C26H28F3N5O4. The molecule has 0 radical (unpaired) electrons. The summed E-state index contributed by atoms with van der Waals surface area (Å²) in [6, 6.07) is 7.97. The molecule has 1 aromatic carbocycles. The van der Waals surface area contributed by atoms with Gasteiger partial charge in [-0.3, -0.25) is 14.3 Å². The third kappa shape index (κ3) is 6.07. The van der Waals surface area contributed by atoms with Crippen molar-refractivity contribution in [2.75, 3.05) is 6.54 Å². The van der Waals surface area contributed by atoms with Gasteiger partial charge in [-0.25, -0.2) is 4.98 Å². The van der Waals surface area contributed by atoms with Crippen molar-refractivity contribution in [3.05, 3.63) is 48.0 Å². The van der Waals surface area contributed by atoms with Crippen molar-refractivity contribution in [3.63, 3.8) is 0 Å². The minimum atomic E-state index is -4.87. The molecule has 2 aromatic heterocycles. The smallest absolute Gasteiger partial charge is 0.416 e. The first-order valence-electron chi connectivity index (χ1n) is 12.6.